The molecular formula is C15H18N4O3S. The highest BCUT2D eigenvalue weighted by Gasteiger charge is 2.29. The SMILES string of the molecule is COC(=O)C[C@@H](c1c(C)[nH][nH]c1=O)c1c(C)nc2scc(C)n12. The molecule has 0 aliphatic carbocycles. The van der Waals surface area contributed by atoms with Gasteiger partial charge in [0.2, 0.25) is 0 Å². The monoisotopic (exact) mass is 334 g/mol. The van der Waals surface area contributed by atoms with Crippen molar-refractivity contribution in [1.82, 2.24) is 19.6 Å². The van der Waals surface area contributed by atoms with Crippen molar-refractivity contribution < 1.29 is 9.53 Å². The van der Waals surface area contributed by atoms with E-state index >= 15 is 0 Å². The van der Waals surface area contributed by atoms with Crippen molar-refractivity contribution in [2.45, 2.75) is 33.1 Å². The van der Waals surface area contributed by atoms with Crippen molar-refractivity contribution in [3.63, 3.8) is 0 Å². The molecule has 3 heterocycles. The molecule has 0 spiro atoms. The van der Waals surface area contributed by atoms with E-state index in [9.17, 15) is 9.59 Å². The quantitative estimate of drug-likeness (QED) is 0.714. The number of aromatic amines is 2. The second-order valence-corrected chi connectivity index (χ2v) is 6.36. The number of imidazole rings is 1. The summed E-state index contributed by atoms with van der Waals surface area (Å²) in [7, 11) is 1.35. The van der Waals surface area contributed by atoms with Gasteiger partial charge in [0.15, 0.2) is 4.96 Å². The third-order valence-electron chi connectivity index (χ3n) is 4.04. The van der Waals surface area contributed by atoms with Crippen LogP contribution in [0.3, 0.4) is 0 Å². The predicted molar refractivity (Wildman–Crippen MR) is 87.2 cm³/mol. The molecule has 23 heavy (non-hydrogen) atoms. The molecular weight excluding hydrogens is 316 g/mol. The lowest BCUT2D eigenvalue weighted by Crippen LogP contribution is -2.19. The zero-order valence-corrected chi connectivity index (χ0v) is 14.2. The third kappa shape index (κ3) is 2.48. The molecule has 0 saturated heterocycles. The summed E-state index contributed by atoms with van der Waals surface area (Å²) in [6.45, 7) is 5.69. The number of rotatable bonds is 4. The van der Waals surface area contributed by atoms with Gasteiger partial charge in [0.25, 0.3) is 5.56 Å². The lowest BCUT2D eigenvalue weighted by molar-refractivity contribution is -0.140. The summed E-state index contributed by atoms with van der Waals surface area (Å²) in [5.74, 6) is -0.780. The van der Waals surface area contributed by atoms with Gasteiger partial charge in [-0.3, -0.25) is 19.1 Å². The van der Waals surface area contributed by atoms with Crippen LogP contribution in [0.1, 0.15) is 40.7 Å². The lowest BCUT2D eigenvalue weighted by atomic mass is 9.91. The van der Waals surface area contributed by atoms with Crippen LogP contribution in [0.4, 0.5) is 0 Å². The first kappa shape index (κ1) is 15.5. The average molecular weight is 334 g/mol. The van der Waals surface area contributed by atoms with Gasteiger partial charge in [-0.15, -0.1) is 11.3 Å². The first-order valence-corrected chi connectivity index (χ1v) is 8.09. The number of carbonyl (C=O) groups excluding carboxylic acids is 1. The van der Waals surface area contributed by atoms with E-state index in [1.54, 1.807) is 0 Å². The van der Waals surface area contributed by atoms with Crippen LogP contribution in [0.15, 0.2) is 10.2 Å². The van der Waals surface area contributed by atoms with E-state index in [-0.39, 0.29) is 17.9 Å². The summed E-state index contributed by atoms with van der Waals surface area (Å²) in [5, 5.41) is 7.43. The van der Waals surface area contributed by atoms with E-state index in [1.807, 2.05) is 30.6 Å². The van der Waals surface area contributed by atoms with Gasteiger partial charge in [-0.1, -0.05) is 0 Å². The molecule has 8 heteroatoms. The minimum Gasteiger partial charge on any atom is -0.469 e. The van der Waals surface area contributed by atoms with Crippen molar-refractivity contribution in [2.24, 2.45) is 0 Å². The lowest BCUT2D eigenvalue weighted by Gasteiger charge is -2.16. The molecule has 3 aromatic rings. The topological polar surface area (TPSA) is 92.2 Å². The van der Waals surface area contributed by atoms with Crippen LogP contribution in [-0.2, 0) is 9.53 Å². The average Bonchev–Trinajstić information content (AvgIpc) is 3.13. The summed E-state index contributed by atoms with van der Waals surface area (Å²) in [6.07, 6.45) is 0.0855. The molecule has 3 rings (SSSR count). The second-order valence-electron chi connectivity index (χ2n) is 5.53. The van der Waals surface area contributed by atoms with Gasteiger partial charge in [-0.25, -0.2) is 4.98 Å². The van der Waals surface area contributed by atoms with Crippen molar-refractivity contribution in [3.05, 3.63) is 44.1 Å². The van der Waals surface area contributed by atoms with Gasteiger partial charge in [0.05, 0.1) is 24.9 Å². The molecule has 3 aromatic heterocycles. The van der Waals surface area contributed by atoms with E-state index in [0.717, 1.165) is 22.0 Å². The number of nitrogens with one attached hydrogen (secondary N) is 2. The highest BCUT2D eigenvalue weighted by molar-refractivity contribution is 7.15. The Kier molecular flexibility index (Phi) is 3.85. The number of hydrogen-bond acceptors (Lipinski definition) is 5. The molecule has 0 aliphatic rings. The Bertz CT molecular complexity index is 930. The Balaban J connectivity index is 2.26. The van der Waals surface area contributed by atoms with Crippen LogP contribution in [0, 0.1) is 20.8 Å². The van der Waals surface area contributed by atoms with Crippen LogP contribution >= 0.6 is 11.3 Å². The normalized spacial score (nSPS) is 12.7. The third-order valence-corrected chi connectivity index (χ3v) is 4.99. The van der Waals surface area contributed by atoms with Gasteiger partial charge < -0.3 is 9.84 Å². The van der Waals surface area contributed by atoms with Gasteiger partial charge in [0.1, 0.15) is 0 Å². The largest absolute Gasteiger partial charge is 0.469 e. The molecule has 1 atom stereocenters. The predicted octanol–water partition coefficient (Wildman–Crippen LogP) is 2.03. The Morgan fingerprint density at radius 3 is 2.74 bits per heavy atom. The Morgan fingerprint density at radius 2 is 2.13 bits per heavy atom. The molecule has 0 bridgehead atoms. The fourth-order valence-corrected chi connectivity index (χ4v) is 3.91. The number of ether oxygens (including phenoxy) is 1. The summed E-state index contributed by atoms with van der Waals surface area (Å²) in [4.78, 5) is 29.6. The summed E-state index contributed by atoms with van der Waals surface area (Å²) >= 11 is 1.54. The van der Waals surface area contributed by atoms with Crippen LogP contribution in [0.5, 0.6) is 0 Å². The van der Waals surface area contributed by atoms with Crippen LogP contribution in [0.25, 0.3) is 4.96 Å². The first-order valence-electron chi connectivity index (χ1n) is 7.21. The molecule has 0 aromatic carbocycles. The highest BCUT2D eigenvalue weighted by Crippen LogP contribution is 2.33. The van der Waals surface area contributed by atoms with Crippen molar-refractivity contribution in [3.8, 4) is 0 Å². The van der Waals surface area contributed by atoms with Crippen molar-refractivity contribution in [2.75, 3.05) is 7.11 Å². The molecule has 0 saturated carbocycles. The number of aryl methyl sites for hydroxylation is 3. The van der Waals surface area contributed by atoms with Gasteiger partial charge in [-0.2, -0.15) is 0 Å². The molecule has 0 radical (unpaired) electrons. The first-order chi connectivity index (χ1) is 10.9. The van der Waals surface area contributed by atoms with Crippen LogP contribution in [0.2, 0.25) is 0 Å². The number of aromatic nitrogens is 4. The number of carbonyl (C=O) groups is 1. The minimum atomic E-state index is -0.416. The number of nitrogens with zero attached hydrogens (tertiary/aromatic N) is 2. The van der Waals surface area contributed by atoms with Crippen LogP contribution < -0.4 is 5.56 Å². The van der Waals surface area contributed by atoms with Gasteiger partial charge in [0, 0.05) is 28.2 Å². The zero-order valence-electron chi connectivity index (χ0n) is 13.4. The molecule has 122 valence electrons. The smallest absolute Gasteiger partial charge is 0.306 e. The Morgan fingerprint density at radius 1 is 1.39 bits per heavy atom. The fraction of sp³-hybridized carbons (Fsp3) is 0.400. The molecule has 0 aliphatic heterocycles. The Hall–Kier alpha value is -2.35. The number of thiazole rings is 1. The molecule has 0 fully saturated rings. The van der Waals surface area contributed by atoms with Gasteiger partial charge in [-0.05, 0) is 20.8 Å². The van der Waals surface area contributed by atoms with E-state index < -0.39 is 5.92 Å². The summed E-state index contributed by atoms with van der Waals surface area (Å²) < 4.78 is 6.85. The maximum Gasteiger partial charge on any atom is 0.306 e. The van der Waals surface area contributed by atoms with Crippen molar-refractivity contribution >= 4 is 22.3 Å². The van der Waals surface area contributed by atoms with E-state index in [1.165, 1.54) is 18.4 Å². The fourth-order valence-electron chi connectivity index (χ4n) is 2.99. The van der Waals surface area contributed by atoms with E-state index in [0.29, 0.717) is 11.3 Å². The standard InChI is InChI=1S/C15H18N4O3S/c1-7-6-23-15-16-9(3)13(19(7)15)10(5-11(20)22-4)12-8(2)17-18-14(12)21/h6,10H,5H2,1-4H3,(H2,17,18,21)/t10-/m0/s1. The molecule has 0 unspecified atom stereocenters. The van der Waals surface area contributed by atoms with E-state index in [4.69, 9.17) is 4.74 Å². The summed E-state index contributed by atoms with van der Waals surface area (Å²) in [5.41, 5.74) is 3.74. The van der Waals surface area contributed by atoms with Gasteiger partial charge >= 0.3 is 5.97 Å². The molecule has 7 nitrogen and oxygen atoms in total. The number of fused-ring (bicyclic) bond motifs is 1. The van der Waals surface area contributed by atoms with Crippen LogP contribution in [-0.4, -0.2) is 32.7 Å². The number of H-pyrrole nitrogens is 2. The number of hydrogen-bond donors (Lipinski definition) is 2. The Labute approximate surface area is 136 Å². The van der Waals surface area contributed by atoms with Crippen molar-refractivity contribution in [1.29, 1.82) is 0 Å². The zero-order chi connectivity index (χ0) is 16.7. The van der Waals surface area contributed by atoms with E-state index in [2.05, 4.69) is 15.2 Å². The maximum absolute atomic E-state index is 12.3. The maximum atomic E-state index is 12.3. The second kappa shape index (κ2) is 5.69. The number of esters is 1. The number of methoxy groups -OCH3 is 1. The molecule has 2 N–H and O–H groups in total. The molecule has 0 amide bonds. The summed E-state index contributed by atoms with van der Waals surface area (Å²) in [6, 6.07) is 0. The minimum absolute atomic E-state index is 0.0855. The highest BCUT2D eigenvalue weighted by atomic mass is 32.1.